The Morgan fingerprint density at radius 1 is 1.16 bits per heavy atom. The van der Waals surface area contributed by atoms with Crippen LogP contribution in [-0.2, 0) is 13.0 Å². The third-order valence-corrected chi connectivity index (χ3v) is 4.86. The fraction of sp³-hybridized carbons (Fsp3) is 0.263. The molecule has 6 heteroatoms. The summed E-state index contributed by atoms with van der Waals surface area (Å²) in [6, 6.07) is 14.7. The lowest BCUT2D eigenvalue weighted by Gasteiger charge is -2.11. The van der Waals surface area contributed by atoms with Gasteiger partial charge < -0.3 is 10.6 Å². The molecular weight excluding hydrogens is 330 g/mol. The predicted octanol–water partition coefficient (Wildman–Crippen LogP) is 3.15. The van der Waals surface area contributed by atoms with E-state index in [-0.39, 0.29) is 0 Å². The summed E-state index contributed by atoms with van der Waals surface area (Å²) in [5, 5.41) is 11.0. The van der Waals surface area contributed by atoms with Crippen molar-refractivity contribution in [3.8, 4) is 5.69 Å². The van der Waals surface area contributed by atoms with Crippen molar-refractivity contribution in [2.45, 2.75) is 19.9 Å². The minimum atomic E-state index is 0.802. The molecule has 2 aromatic heterocycles. The highest BCUT2D eigenvalue weighted by atomic mass is 32.1. The van der Waals surface area contributed by atoms with Crippen LogP contribution in [0, 0.1) is 6.92 Å². The number of hydrogen-bond donors (Lipinski definition) is 2. The van der Waals surface area contributed by atoms with Gasteiger partial charge in [0.15, 0.2) is 5.96 Å². The molecule has 0 bridgehead atoms. The molecule has 2 heterocycles. The number of hydrogen-bond acceptors (Lipinski definition) is 3. The molecule has 0 radical (unpaired) electrons. The van der Waals surface area contributed by atoms with E-state index in [2.05, 4.69) is 64.0 Å². The van der Waals surface area contributed by atoms with Crippen LogP contribution in [0.1, 0.15) is 15.3 Å². The van der Waals surface area contributed by atoms with E-state index in [4.69, 9.17) is 0 Å². The van der Waals surface area contributed by atoms with Crippen molar-refractivity contribution in [3.63, 3.8) is 0 Å². The molecule has 0 spiro atoms. The summed E-state index contributed by atoms with van der Waals surface area (Å²) < 4.78 is 1.86. The van der Waals surface area contributed by atoms with Crippen LogP contribution in [0.2, 0.25) is 0 Å². The van der Waals surface area contributed by atoms with Gasteiger partial charge in [0, 0.05) is 35.7 Å². The first-order valence-electron chi connectivity index (χ1n) is 8.33. The van der Waals surface area contributed by atoms with E-state index in [0.717, 1.165) is 31.2 Å². The van der Waals surface area contributed by atoms with Crippen LogP contribution >= 0.6 is 11.3 Å². The van der Waals surface area contributed by atoms with Crippen LogP contribution in [-0.4, -0.2) is 29.3 Å². The van der Waals surface area contributed by atoms with Gasteiger partial charge in [-0.15, -0.1) is 11.3 Å². The summed E-state index contributed by atoms with van der Waals surface area (Å²) in [6.07, 6.45) is 4.67. The van der Waals surface area contributed by atoms with Gasteiger partial charge in [0.2, 0.25) is 0 Å². The number of rotatable bonds is 6. The lowest BCUT2D eigenvalue weighted by atomic mass is 10.1. The largest absolute Gasteiger partial charge is 0.356 e. The average molecular weight is 353 g/mol. The number of guanidine groups is 1. The Kier molecular flexibility index (Phi) is 5.85. The summed E-state index contributed by atoms with van der Waals surface area (Å²) in [7, 11) is 1.80. The topological polar surface area (TPSA) is 54.2 Å². The van der Waals surface area contributed by atoms with E-state index in [1.165, 1.54) is 15.3 Å². The second-order valence-corrected chi connectivity index (χ2v) is 7.10. The van der Waals surface area contributed by atoms with Crippen molar-refractivity contribution in [1.29, 1.82) is 0 Å². The van der Waals surface area contributed by atoms with E-state index < -0.39 is 0 Å². The second kappa shape index (κ2) is 8.48. The van der Waals surface area contributed by atoms with Gasteiger partial charge in [-0.1, -0.05) is 12.1 Å². The van der Waals surface area contributed by atoms with Gasteiger partial charge in [-0.3, -0.25) is 4.99 Å². The van der Waals surface area contributed by atoms with Crippen molar-refractivity contribution in [3.05, 3.63) is 70.2 Å². The van der Waals surface area contributed by atoms with Crippen molar-refractivity contribution in [2.24, 2.45) is 4.99 Å². The van der Waals surface area contributed by atoms with Crippen LogP contribution < -0.4 is 10.6 Å². The molecule has 0 aliphatic carbocycles. The lowest BCUT2D eigenvalue weighted by molar-refractivity contribution is 0.798. The molecule has 1 aromatic carbocycles. The minimum Gasteiger partial charge on any atom is -0.356 e. The SMILES string of the molecule is CN=C(NCCc1ccc(-n2cccn2)cc1)NCc1ccc(C)s1. The maximum Gasteiger partial charge on any atom is 0.191 e. The maximum atomic E-state index is 4.28. The van der Waals surface area contributed by atoms with Gasteiger partial charge in [0.25, 0.3) is 0 Å². The van der Waals surface area contributed by atoms with E-state index in [0.29, 0.717) is 0 Å². The number of benzene rings is 1. The molecule has 5 nitrogen and oxygen atoms in total. The number of aryl methyl sites for hydroxylation is 1. The zero-order valence-corrected chi connectivity index (χ0v) is 15.4. The number of aromatic nitrogens is 2. The number of nitrogens with one attached hydrogen (secondary N) is 2. The number of thiophene rings is 1. The van der Waals surface area contributed by atoms with Gasteiger partial charge in [0.1, 0.15) is 0 Å². The molecule has 25 heavy (non-hydrogen) atoms. The molecule has 0 saturated carbocycles. The average Bonchev–Trinajstić information content (AvgIpc) is 3.30. The van der Waals surface area contributed by atoms with Gasteiger partial charge in [-0.25, -0.2) is 4.68 Å². The minimum absolute atomic E-state index is 0.802. The maximum absolute atomic E-state index is 4.28. The summed E-state index contributed by atoms with van der Waals surface area (Å²) in [6.45, 7) is 3.76. The Morgan fingerprint density at radius 2 is 2.00 bits per heavy atom. The lowest BCUT2D eigenvalue weighted by Crippen LogP contribution is -2.37. The standard InChI is InChI=1S/C19H23N5S/c1-15-4-9-18(25-15)14-22-19(20-2)21-12-10-16-5-7-17(8-6-16)24-13-3-11-23-24/h3-9,11,13H,10,12,14H2,1-2H3,(H2,20,21,22). The summed E-state index contributed by atoms with van der Waals surface area (Å²) in [5.41, 5.74) is 2.36. The highest BCUT2D eigenvalue weighted by molar-refractivity contribution is 7.11. The molecule has 2 N–H and O–H groups in total. The molecule has 0 atom stereocenters. The quantitative estimate of drug-likeness (QED) is 0.529. The highest BCUT2D eigenvalue weighted by Gasteiger charge is 2.01. The number of nitrogens with zero attached hydrogens (tertiary/aromatic N) is 3. The van der Waals surface area contributed by atoms with E-state index in [1.807, 2.05) is 28.3 Å². The molecule has 0 aliphatic rings. The molecule has 0 amide bonds. The first kappa shape index (κ1) is 17.2. The van der Waals surface area contributed by atoms with Gasteiger partial charge in [-0.05, 0) is 49.2 Å². The molecule has 0 fully saturated rings. The zero-order valence-electron chi connectivity index (χ0n) is 14.6. The van der Waals surface area contributed by atoms with Crippen LogP contribution in [0.15, 0.2) is 59.9 Å². The zero-order chi connectivity index (χ0) is 17.5. The first-order chi connectivity index (χ1) is 12.2. The van der Waals surface area contributed by atoms with Gasteiger partial charge in [-0.2, -0.15) is 5.10 Å². The highest BCUT2D eigenvalue weighted by Crippen LogP contribution is 2.14. The Labute approximate surface area is 152 Å². The Balaban J connectivity index is 1.44. The van der Waals surface area contributed by atoms with Gasteiger partial charge >= 0.3 is 0 Å². The molecule has 0 unspecified atom stereocenters. The summed E-state index contributed by atoms with van der Waals surface area (Å²) in [5.74, 6) is 0.833. The molecule has 130 valence electrons. The molecule has 3 aromatic rings. The smallest absolute Gasteiger partial charge is 0.191 e. The van der Waals surface area contributed by atoms with E-state index in [1.54, 1.807) is 13.2 Å². The van der Waals surface area contributed by atoms with Crippen molar-refractivity contribution in [2.75, 3.05) is 13.6 Å². The Bertz CT molecular complexity index is 803. The van der Waals surface area contributed by atoms with E-state index >= 15 is 0 Å². The van der Waals surface area contributed by atoms with Crippen molar-refractivity contribution >= 4 is 17.3 Å². The van der Waals surface area contributed by atoms with Gasteiger partial charge in [0.05, 0.1) is 12.2 Å². The Hall–Kier alpha value is -2.60. The normalized spacial score (nSPS) is 11.5. The Morgan fingerprint density at radius 3 is 2.64 bits per heavy atom. The first-order valence-corrected chi connectivity index (χ1v) is 9.15. The molecule has 0 saturated heterocycles. The molecular formula is C19H23N5S. The van der Waals surface area contributed by atoms with Crippen LogP contribution in [0.5, 0.6) is 0 Å². The fourth-order valence-electron chi connectivity index (χ4n) is 2.53. The number of aliphatic imine (C=N–C) groups is 1. The van der Waals surface area contributed by atoms with Crippen molar-refractivity contribution < 1.29 is 0 Å². The molecule has 3 rings (SSSR count). The summed E-state index contributed by atoms with van der Waals surface area (Å²) in [4.78, 5) is 6.92. The predicted molar refractivity (Wildman–Crippen MR) is 105 cm³/mol. The fourth-order valence-corrected chi connectivity index (χ4v) is 3.36. The van der Waals surface area contributed by atoms with Crippen molar-refractivity contribution in [1.82, 2.24) is 20.4 Å². The molecule has 0 aliphatic heterocycles. The third-order valence-electron chi connectivity index (χ3n) is 3.86. The van der Waals surface area contributed by atoms with Crippen LogP contribution in [0.3, 0.4) is 0 Å². The second-order valence-electron chi connectivity index (χ2n) is 5.73. The van der Waals surface area contributed by atoms with Crippen LogP contribution in [0.25, 0.3) is 5.69 Å². The van der Waals surface area contributed by atoms with E-state index in [9.17, 15) is 0 Å². The third kappa shape index (κ3) is 4.93. The van der Waals surface area contributed by atoms with Crippen LogP contribution in [0.4, 0.5) is 0 Å². The summed E-state index contributed by atoms with van der Waals surface area (Å²) >= 11 is 1.81. The monoisotopic (exact) mass is 353 g/mol.